The fourth-order valence-corrected chi connectivity index (χ4v) is 3.70. The first-order chi connectivity index (χ1) is 15.0. The van der Waals surface area contributed by atoms with E-state index in [0.29, 0.717) is 22.5 Å². The van der Waals surface area contributed by atoms with E-state index in [1.54, 1.807) is 24.3 Å². The highest BCUT2D eigenvalue weighted by Gasteiger charge is 2.26. The van der Waals surface area contributed by atoms with Crippen LogP contribution in [0, 0.1) is 5.82 Å². The third kappa shape index (κ3) is 5.49. The molecule has 1 aliphatic heterocycles. The molecule has 8 nitrogen and oxygen atoms in total. The van der Waals surface area contributed by atoms with Gasteiger partial charge >= 0.3 is 5.97 Å². The van der Waals surface area contributed by atoms with Crippen LogP contribution in [0.25, 0.3) is 17.3 Å². The first-order valence-electron chi connectivity index (χ1n) is 10.1. The van der Waals surface area contributed by atoms with Gasteiger partial charge in [0.25, 0.3) is 0 Å². The lowest BCUT2D eigenvalue weighted by molar-refractivity contribution is -0.156. The van der Waals surface area contributed by atoms with Crippen molar-refractivity contribution in [1.82, 2.24) is 9.97 Å². The lowest BCUT2D eigenvalue weighted by Gasteiger charge is -2.24. The number of cyclic esters (lactones) is 1. The summed E-state index contributed by atoms with van der Waals surface area (Å²) in [5.74, 6) is -1.02. The van der Waals surface area contributed by atoms with Gasteiger partial charge < -0.3 is 9.84 Å². The van der Waals surface area contributed by atoms with Gasteiger partial charge in [-0.15, -0.1) is 0 Å². The summed E-state index contributed by atoms with van der Waals surface area (Å²) in [5, 5.41) is 9.86. The number of esters is 1. The third-order valence-electron chi connectivity index (χ3n) is 5.07. The molecule has 1 fully saturated rings. The van der Waals surface area contributed by atoms with Gasteiger partial charge in [0.05, 0.1) is 30.2 Å². The van der Waals surface area contributed by atoms with Crippen molar-refractivity contribution in [2.24, 2.45) is 0 Å². The van der Waals surface area contributed by atoms with Crippen LogP contribution in [-0.2, 0) is 19.6 Å². The van der Waals surface area contributed by atoms with Gasteiger partial charge in [-0.2, -0.15) is 0 Å². The van der Waals surface area contributed by atoms with Crippen molar-refractivity contribution in [1.29, 1.82) is 0 Å². The topological polar surface area (TPSA) is 110 Å². The van der Waals surface area contributed by atoms with Crippen LogP contribution in [0.3, 0.4) is 0 Å². The van der Waals surface area contributed by atoms with Crippen molar-refractivity contribution in [3.05, 3.63) is 47.4 Å². The number of anilines is 1. The van der Waals surface area contributed by atoms with Gasteiger partial charge in [0.2, 0.25) is 16.0 Å². The minimum Gasteiger partial charge on any atom is -0.458 e. The van der Waals surface area contributed by atoms with Gasteiger partial charge in [-0.05, 0) is 36.3 Å². The minimum atomic E-state index is -3.61. The average Bonchev–Trinajstić information content (AvgIpc) is 2.70. The number of rotatable bonds is 6. The molecule has 1 unspecified atom stereocenters. The summed E-state index contributed by atoms with van der Waals surface area (Å²) in [6, 6.07) is 5.68. The van der Waals surface area contributed by atoms with E-state index < -0.39 is 34.0 Å². The summed E-state index contributed by atoms with van der Waals surface area (Å²) in [4.78, 5) is 20.6. The molecule has 2 atom stereocenters. The number of carbonyl (C=O) groups excluding carboxylic acids is 1. The summed E-state index contributed by atoms with van der Waals surface area (Å²) >= 11 is 0. The second-order valence-electron chi connectivity index (χ2n) is 8.04. The zero-order chi connectivity index (χ0) is 23.6. The predicted molar refractivity (Wildman–Crippen MR) is 119 cm³/mol. The van der Waals surface area contributed by atoms with Gasteiger partial charge in [0.15, 0.2) is 0 Å². The zero-order valence-electron chi connectivity index (χ0n) is 18.3. The smallest absolute Gasteiger partial charge is 0.309 e. The summed E-state index contributed by atoms with van der Waals surface area (Å²) in [7, 11) is -2.25. The molecule has 1 aromatic carbocycles. The number of carbonyl (C=O) groups is 1. The standard InChI is InChI=1S/C22H26FN3O5S/c1-13(2)20-18(10-9-17-11-16(27)12-19(28)31-17)21(14-5-7-15(23)8-6-14)25-22(24-20)26(3)32(4,29)30/h5-10,13,16-17,27H,11-12H2,1-4H3/t16?,17-/m1/s1. The Morgan fingerprint density at radius 1 is 1.25 bits per heavy atom. The number of hydrogen-bond acceptors (Lipinski definition) is 7. The number of aromatic nitrogens is 2. The number of sulfonamides is 1. The first kappa shape index (κ1) is 23.8. The van der Waals surface area contributed by atoms with E-state index in [1.165, 1.54) is 19.2 Å². The molecule has 1 aliphatic rings. The molecule has 0 saturated carbocycles. The highest BCUT2D eigenvalue weighted by Crippen LogP contribution is 2.32. The minimum absolute atomic E-state index is 0.00723. The summed E-state index contributed by atoms with van der Waals surface area (Å²) in [6.07, 6.45) is 3.23. The Kier molecular flexibility index (Phi) is 6.94. The Morgan fingerprint density at radius 3 is 2.47 bits per heavy atom. The highest BCUT2D eigenvalue weighted by molar-refractivity contribution is 7.92. The van der Waals surface area contributed by atoms with E-state index in [-0.39, 0.29) is 24.7 Å². The maximum absolute atomic E-state index is 13.5. The number of hydrogen-bond donors (Lipinski definition) is 1. The fourth-order valence-electron chi connectivity index (χ4n) is 3.33. The lowest BCUT2D eigenvalue weighted by Crippen LogP contribution is -2.31. The van der Waals surface area contributed by atoms with Crippen molar-refractivity contribution in [2.45, 2.75) is 44.8 Å². The molecule has 2 heterocycles. The molecule has 10 heteroatoms. The van der Waals surface area contributed by atoms with Crippen LogP contribution < -0.4 is 4.31 Å². The molecule has 0 spiro atoms. The largest absolute Gasteiger partial charge is 0.458 e. The highest BCUT2D eigenvalue weighted by atomic mass is 32.2. The number of nitrogens with zero attached hydrogens (tertiary/aromatic N) is 3. The Bertz CT molecular complexity index is 1130. The Balaban J connectivity index is 2.17. The summed E-state index contributed by atoms with van der Waals surface area (Å²) in [6.45, 7) is 3.81. The van der Waals surface area contributed by atoms with Crippen LogP contribution >= 0.6 is 0 Å². The molecule has 1 aromatic heterocycles. The molecule has 32 heavy (non-hydrogen) atoms. The Labute approximate surface area is 186 Å². The van der Waals surface area contributed by atoms with Crippen LogP contribution in [0.5, 0.6) is 0 Å². The van der Waals surface area contributed by atoms with Gasteiger partial charge in [-0.25, -0.2) is 27.1 Å². The van der Waals surface area contributed by atoms with Crippen LogP contribution in [0.1, 0.15) is 43.9 Å². The van der Waals surface area contributed by atoms with Gasteiger partial charge in [0.1, 0.15) is 11.9 Å². The normalized spacial score (nSPS) is 19.4. The Hall–Kier alpha value is -2.85. The first-order valence-corrected chi connectivity index (χ1v) is 12.0. The number of aliphatic hydroxyl groups is 1. The molecule has 172 valence electrons. The molecule has 3 rings (SSSR count). The van der Waals surface area contributed by atoms with Gasteiger partial charge in [0, 0.05) is 24.6 Å². The number of halogens is 1. The maximum atomic E-state index is 13.5. The van der Waals surface area contributed by atoms with Crippen LogP contribution in [0.15, 0.2) is 30.3 Å². The molecular formula is C22H26FN3O5S. The summed E-state index contributed by atoms with van der Waals surface area (Å²) < 4.78 is 44.0. The SMILES string of the molecule is CC(C)c1nc(N(C)S(C)(=O)=O)nc(-c2ccc(F)cc2)c1C=C[C@@H]1CC(O)CC(=O)O1. The molecule has 1 N–H and O–H groups in total. The molecule has 0 aliphatic carbocycles. The molecule has 0 amide bonds. The molecule has 1 saturated heterocycles. The molecule has 0 bridgehead atoms. The van der Waals surface area contributed by atoms with Crippen molar-refractivity contribution < 1.29 is 27.4 Å². The lowest BCUT2D eigenvalue weighted by atomic mass is 9.97. The number of benzene rings is 1. The van der Waals surface area contributed by atoms with E-state index in [4.69, 9.17) is 4.74 Å². The fraction of sp³-hybridized carbons (Fsp3) is 0.409. The van der Waals surface area contributed by atoms with E-state index in [2.05, 4.69) is 9.97 Å². The van der Waals surface area contributed by atoms with E-state index >= 15 is 0 Å². The number of ether oxygens (including phenoxy) is 1. The van der Waals surface area contributed by atoms with Crippen LogP contribution in [-0.4, -0.2) is 55.0 Å². The van der Waals surface area contributed by atoms with Crippen molar-refractivity contribution in [2.75, 3.05) is 17.6 Å². The average molecular weight is 464 g/mol. The van der Waals surface area contributed by atoms with Gasteiger partial charge in [-0.3, -0.25) is 4.79 Å². The Morgan fingerprint density at radius 2 is 1.91 bits per heavy atom. The van der Waals surface area contributed by atoms with Gasteiger partial charge in [-0.1, -0.05) is 19.9 Å². The second kappa shape index (κ2) is 9.33. The van der Waals surface area contributed by atoms with Crippen LogP contribution in [0.2, 0.25) is 0 Å². The van der Waals surface area contributed by atoms with Crippen molar-refractivity contribution in [3.63, 3.8) is 0 Å². The monoisotopic (exact) mass is 463 g/mol. The van der Waals surface area contributed by atoms with Crippen LogP contribution in [0.4, 0.5) is 10.3 Å². The van der Waals surface area contributed by atoms with E-state index in [1.807, 2.05) is 13.8 Å². The summed E-state index contributed by atoms with van der Waals surface area (Å²) in [5.41, 5.74) is 2.14. The van der Waals surface area contributed by atoms with Crippen molar-refractivity contribution in [3.8, 4) is 11.3 Å². The van der Waals surface area contributed by atoms with E-state index in [9.17, 15) is 22.7 Å². The number of aliphatic hydroxyl groups excluding tert-OH is 1. The molecule has 2 aromatic rings. The zero-order valence-corrected chi connectivity index (χ0v) is 19.1. The quantitative estimate of drug-likeness (QED) is 0.656. The third-order valence-corrected chi connectivity index (χ3v) is 6.23. The van der Waals surface area contributed by atoms with E-state index in [0.717, 1.165) is 10.6 Å². The molecular weight excluding hydrogens is 437 g/mol. The predicted octanol–water partition coefficient (Wildman–Crippen LogP) is 2.88. The second-order valence-corrected chi connectivity index (χ2v) is 10.1. The molecule has 0 radical (unpaired) electrons. The maximum Gasteiger partial charge on any atom is 0.309 e. The van der Waals surface area contributed by atoms with Crippen molar-refractivity contribution >= 4 is 28.0 Å².